The third-order valence-electron chi connectivity index (χ3n) is 5.30. The molecule has 1 aromatic heterocycles. The molecule has 0 bridgehead atoms. The van der Waals surface area contributed by atoms with Gasteiger partial charge in [0.05, 0.1) is 12.2 Å². The van der Waals surface area contributed by atoms with Gasteiger partial charge >= 0.3 is 0 Å². The van der Waals surface area contributed by atoms with Crippen LogP contribution in [-0.2, 0) is 17.8 Å². The Labute approximate surface area is 203 Å². The first-order valence-electron chi connectivity index (χ1n) is 10.9. The van der Waals surface area contributed by atoms with E-state index in [9.17, 15) is 10.1 Å². The lowest BCUT2D eigenvalue weighted by molar-refractivity contribution is -0.117. The summed E-state index contributed by atoms with van der Waals surface area (Å²) in [6.07, 6.45) is 4.15. The lowest BCUT2D eigenvalue weighted by Crippen LogP contribution is -2.26. The number of halogens is 1. The molecule has 0 aliphatic carbocycles. The van der Waals surface area contributed by atoms with Gasteiger partial charge in [-0.25, -0.2) is 0 Å². The lowest BCUT2D eigenvalue weighted by atomic mass is 10.1. The maximum atomic E-state index is 12.7. The number of aromatic nitrogens is 2. The van der Waals surface area contributed by atoms with Crippen LogP contribution >= 0.6 is 11.6 Å². The fraction of sp³-hybridized carbons (Fsp3) is 0.107. The summed E-state index contributed by atoms with van der Waals surface area (Å²) in [5.74, 6) is -0.400. The molecule has 0 aliphatic rings. The highest BCUT2D eigenvalue weighted by Crippen LogP contribution is 2.25. The molecule has 6 heteroatoms. The molecule has 4 aromatic rings. The van der Waals surface area contributed by atoms with E-state index in [1.54, 1.807) is 10.8 Å². The molecule has 0 unspecified atom stereocenters. The van der Waals surface area contributed by atoms with E-state index in [1.807, 2.05) is 97.2 Å². The zero-order valence-electron chi connectivity index (χ0n) is 18.5. The molecule has 1 heterocycles. The highest BCUT2D eigenvalue weighted by atomic mass is 35.5. The first kappa shape index (κ1) is 23.0. The smallest absolute Gasteiger partial charge is 0.261 e. The van der Waals surface area contributed by atoms with Crippen molar-refractivity contribution in [2.75, 3.05) is 6.54 Å². The van der Waals surface area contributed by atoms with Gasteiger partial charge < -0.3 is 5.32 Å². The highest BCUT2D eigenvalue weighted by molar-refractivity contribution is 6.30. The molecule has 0 spiro atoms. The molecule has 0 fully saturated rings. The molecule has 1 amide bonds. The number of hydrogen-bond acceptors (Lipinski definition) is 3. The normalized spacial score (nSPS) is 11.1. The number of nitrogens with zero attached hydrogens (tertiary/aromatic N) is 3. The zero-order chi connectivity index (χ0) is 23.8. The minimum absolute atomic E-state index is 0.0382. The Morgan fingerprint density at radius 3 is 2.32 bits per heavy atom. The molecule has 34 heavy (non-hydrogen) atoms. The van der Waals surface area contributed by atoms with Gasteiger partial charge in [0.1, 0.15) is 11.6 Å². The molecule has 3 aromatic carbocycles. The van der Waals surface area contributed by atoms with Crippen LogP contribution in [0.4, 0.5) is 0 Å². The molecule has 0 saturated heterocycles. The Balaban J connectivity index is 1.57. The van der Waals surface area contributed by atoms with Gasteiger partial charge in [0.25, 0.3) is 5.91 Å². The third kappa shape index (κ3) is 6.00. The number of amides is 1. The van der Waals surface area contributed by atoms with E-state index in [2.05, 4.69) is 5.32 Å². The van der Waals surface area contributed by atoms with Crippen molar-refractivity contribution in [3.63, 3.8) is 0 Å². The van der Waals surface area contributed by atoms with Crippen molar-refractivity contribution in [2.24, 2.45) is 0 Å². The number of hydrogen-bond donors (Lipinski definition) is 1. The van der Waals surface area contributed by atoms with Gasteiger partial charge in [-0.15, -0.1) is 0 Å². The van der Waals surface area contributed by atoms with Crippen LogP contribution in [0.2, 0.25) is 5.02 Å². The zero-order valence-corrected chi connectivity index (χ0v) is 19.2. The summed E-state index contributed by atoms with van der Waals surface area (Å²) in [6.45, 7) is 0.985. The Morgan fingerprint density at radius 2 is 1.65 bits per heavy atom. The second-order valence-electron chi connectivity index (χ2n) is 7.78. The minimum Gasteiger partial charge on any atom is -0.351 e. The van der Waals surface area contributed by atoms with Gasteiger partial charge in [0, 0.05) is 28.9 Å². The second kappa shape index (κ2) is 11.1. The number of rotatable bonds is 8. The van der Waals surface area contributed by atoms with E-state index in [0.29, 0.717) is 35.8 Å². The summed E-state index contributed by atoms with van der Waals surface area (Å²) in [4.78, 5) is 12.7. The van der Waals surface area contributed by atoms with Crippen LogP contribution in [0, 0.1) is 11.3 Å². The van der Waals surface area contributed by atoms with Crippen LogP contribution < -0.4 is 5.32 Å². The number of carbonyl (C=O) groups is 1. The van der Waals surface area contributed by atoms with Crippen molar-refractivity contribution in [1.82, 2.24) is 15.1 Å². The number of carbonyl (C=O) groups excluding carboxylic acids is 1. The van der Waals surface area contributed by atoms with E-state index in [0.717, 1.165) is 16.7 Å². The van der Waals surface area contributed by atoms with Crippen LogP contribution in [0.1, 0.15) is 16.7 Å². The van der Waals surface area contributed by atoms with Crippen LogP contribution in [0.5, 0.6) is 0 Å². The van der Waals surface area contributed by atoms with Gasteiger partial charge in [0.2, 0.25) is 0 Å². The molecule has 0 radical (unpaired) electrons. The van der Waals surface area contributed by atoms with Gasteiger partial charge in [-0.1, -0.05) is 84.4 Å². The molecular formula is C28H23ClN4O. The first-order chi connectivity index (χ1) is 16.6. The average molecular weight is 467 g/mol. The van der Waals surface area contributed by atoms with Crippen LogP contribution in [0.3, 0.4) is 0 Å². The van der Waals surface area contributed by atoms with Crippen LogP contribution in [-0.4, -0.2) is 22.2 Å². The van der Waals surface area contributed by atoms with E-state index < -0.39 is 5.91 Å². The summed E-state index contributed by atoms with van der Waals surface area (Å²) < 4.78 is 1.81. The van der Waals surface area contributed by atoms with E-state index in [1.165, 1.54) is 0 Å². The van der Waals surface area contributed by atoms with Crippen molar-refractivity contribution in [1.29, 1.82) is 5.26 Å². The summed E-state index contributed by atoms with van der Waals surface area (Å²) in [6, 6.07) is 29.2. The number of nitriles is 1. The number of nitrogens with one attached hydrogen (secondary N) is 1. The molecule has 168 valence electrons. The largest absolute Gasteiger partial charge is 0.351 e. The Kier molecular flexibility index (Phi) is 7.54. The fourth-order valence-electron chi connectivity index (χ4n) is 3.59. The maximum Gasteiger partial charge on any atom is 0.261 e. The van der Waals surface area contributed by atoms with Gasteiger partial charge in [-0.05, 0) is 35.8 Å². The van der Waals surface area contributed by atoms with Crippen molar-refractivity contribution in [3.8, 4) is 17.3 Å². The van der Waals surface area contributed by atoms with Gasteiger partial charge in [-0.2, -0.15) is 10.4 Å². The van der Waals surface area contributed by atoms with Gasteiger partial charge in [-0.3, -0.25) is 9.48 Å². The minimum atomic E-state index is -0.400. The second-order valence-corrected chi connectivity index (χ2v) is 8.22. The first-order valence-corrected chi connectivity index (χ1v) is 11.3. The van der Waals surface area contributed by atoms with Crippen molar-refractivity contribution >= 4 is 23.6 Å². The Hall–Kier alpha value is -4.14. The molecule has 0 aliphatic heterocycles. The molecule has 5 nitrogen and oxygen atoms in total. The summed E-state index contributed by atoms with van der Waals surface area (Å²) >= 11 is 6.00. The number of benzene rings is 3. The monoisotopic (exact) mass is 466 g/mol. The van der Waals surface area contributed by atoms with E-state index in [4.69, 9.17) is 16.7 Å². The van der Waals surface area contributed by atoms with E-state index >= 15 is 0 Å². The van der Waals surface area contributed by atoms with Crippen molar-refractivity contribution < 1.29 is 4.79 Å². The highest BCUT2D eigenvalue weighted by Gasteiger charge is 2.14. The topological polar surface area (TPSA) is 70.7 Å². The Morgan fingerprint density at radius 1 is 0.971 bits per heavy atom. The standard InChI is InChI=1S/C28H23ClN4O/c29-26-13-11-22(12-14-26)19-33-20-25(27(32-33)23-9-5-2-6-10-23)17-24(18-30)28(34)31-16-15-21-7-3-1-4-8-21/h1-14,17,20H,15-16,19H2,(H,31,34). The molecule has 1 N–H and O–H groups in total. The van der Waals surface area contributed by atoms with Crippen molar-refractivity contribution in [3.05, 3.63) is 118 Å². The SMILES string of the molecule is N#CC(=Cc1cn(Cc2ccc(Cl)cc2)nc1-c1ccccc1)C(=O)NCCc1ccccc1. The molecule has 0 atom stereocenters. The summed E-state index contributed by atoms with van der Waals surface area (Å²) in [5, 5.41) is 17.9. The van der Waals surface area contributed by atoms with Crippen LogP contribution in [0.25, 0.3) is 17.3 Å². The van der Waals surface area contributed by atoms with Gasteiger partial charge in [0.15, 0.2) is 0 Å². The maximum absolute atomic E-state index is 12.7. The molecule has 0 saturated carbocycles. The third-order valence-corrected chi connectivity index (χ3v) is 5.55. The van der Waals surface area contributed by atoms with Crippen LogP contribution in [0.15, 0.2) is 96.7 Å². The summed E-state index contributed by atoms with van der Waals surface area (Å²) in [7, 11) is 0. The summed E-state index contributed by atoms with van der Waals surface area (Å²) in [5.41, 5.74) is 4.53. The predicted molar refractivity (Wildman–Crippen MR) is 135 cm³/mol. The fourth-order valence-corrected chi connectivity index (χ4v) is 3.71. The van der Waals surface area contributed by atoms with Crippen molar-refractivity contribution in [2.45, 2.75) is 13.0 Å². The lowest BCUT2D eigenvalue weighted by Gasteiger charge is -2.05. The molecular weight excluding hydrogens is 444 g/mol. The predicted octanol–water partition coefficient (Wildman–Crippen LogP) is 5.52. The Bertz CT molecular complexity index is 1320. The quantitative estimate of drug-likeness (QED) is 0.274. The molecule has 4 rings (SSSR count). The average Bonchev–Trinajstić information content (AvgIpc) is 3.27. The van der Waals surface area contributed by atoms with E-state index in [-0.39, 0.29) is 5.57 Å².